The third-order valence-electron chi connectivity index (χ3n) is 2.35. The number of pyridine rings is 1. The molecule has 0 aliphatic heterocycles. The van der Waals surface area contributed by atoms with Crippen LogP contribution in [0.2, 0.25) is 5.15 Å². The maximum absolute atomic E-state index is 12.7. The van der Waals surface area contributed by atoms with Crippen molar-refractivity contribution in [1.29, 1.82) is 0 Å². The number of hydrogen-bond donors (Lipinski definition) is 0. The van der Waals surface area contributed by atoms with Crippen molar-refractivity contribution in [2.24, 2.45) is 0 Å². The van der Waals surface area contributed by atoms with Crippen LogP contribution in [0.5, 0.6) is 0 Å². The minimum Gasteiger partial charge on any atom is -0.252 e. The molecular weight excluding hydrogens is 369 g/mol. The summed E-state index contributed by atoms with van der Waals surface area (Å²) in [6, 6.07) is -0.319. The summed E-state index contributed by atoms with van der Waals surface area (Å²) in [7, 11) is 0. The molecule has 2 rings (SSSR count). The predicted molar refractivity (Wildman–Crippen MR) is 66.0 cm³/mol. The van der Waals surface area contributed by atoms with Gasteiger partial charge in [0.05, 0.1) is 10.9 Å². The smallest absolute Gasteiger partial charge is 0.252 e. The van der Waals surface area contributed by atoms with Crippen LogP contribution in [0.1, 0.15) is 13.0 Å². The zero-order valence-corrected chi connectivity index (χ0v) is 11.4. The van der Waals surface area contributed by atoms with Crippen LogP contribution in [0.4, 0.5) is 13.2 Å². The largest absolute Gasteiger partial charge is 0.410 e. The maximum Gasteiger partial charge on any atom is 0.410 e. The Balaban J connectivity index is 2.66. The Bertz CT molecular complexity index is 566. The number of aromatic nitrogens is 3. The first kappa shape index (κ1) is 12.9. The molecule has 0 spiro atoms. The molecular formula is C9H6ClF3IN3. The Morgan fingerprint density at radius 3 is 2.71 bits per heavy atom. The summed E-state index contributed by atoms with van der Waals surface area (Å²) in [4.78, 5) is 3.83. The summed E-state index contributed by atoms with van der Waals surface area (Å²) >= 11 is 7.55. The average molecular weight is 376 g/mol. The highest BCUT2D eigenvalue weighted by atomic mass is 127. The molecule has 1 unspecified atom stereocenters. The van der Waals surface area contributed by atoms with Gasteiger partial charge in [0.2, 0.25) is 0 Å². The third-order valence-corrected chi connectivity index (χ3v) is 3.36. The highest BCUT2D eigenvalue weighted by molar-refractivity contribution is 14.1. The number of nitrogens with zero attached hydrogens (tertiary/aromatic N) is 3. The number of hydrogen-bond acceptors (Lipinski definition) is 2. The molecule has 2 heterocycles. The summed E-state index contributed by atoms with van der Waals surface area (Å²) in [5.74, 6) is 0. The lowest BCUT2D eigenvalue weighted by Crippen LogP contribution is -2.24. The Labute approximate surface area is 113 Å². The first-order chi connectivity index (χ1) is 7.80. The van der Waals surface area contributed by atoms with Gasteiger partial charge in [0, 0.05) is 12.3 Å². The highest BCUT2D eigenvalue weighted by Crippen LogP contribution is 2.33. The van der Waals surface area contributed by atoms with Gasteiger partial charge in [-0.1, -0.05) is 11.6 Å². The Kier molecular flexibility index (Phi) is 3.23. The SMILES string of the molecule is CC(n1nc(I)c2cnc(Cl)cc21)C(F)(F)F. The van der Waals surface area contributed by atoms with E-state index in [0.29, 0.717) is 14.6 Å². The number of fused-ring (bicyclic) bond motifs is 1. The highest BCUT2D eigenvalue weighted by Gasteiger charge is 2.39. The second-order valence-corrected chi connectivity index (χ2v) is 4.89. The van der Waals surface area contributed by atoms with E-state index in [9.17, 15) is 13.2 Å². The molecule has 0 N–H and O–H groups in total. The van der Waals surface area contributed by atoms with Gasteiger partial charge in [-0.15, -0.1) is 0 Å². The van der Waals surface area contributed by atoms with E-state index in [0.717, 1.165) is 11.6 Å². The van der Waals surface area contributed by atoms with Gasteiger partial charge < -0.3 is 0 Å². The van der Waals surface area contributed by atoms with E-state index in [1.807, 2.05) is 22.6 Å². The summed E-state index contributed by atoms with van der Waals surface area (Å²) in [5, 5.41) is 4.59. The third kappa shape index (κ3) is 2.35. The summed E-state index contributed by atoms with van der Waals surface area (Å²) < 4.78 is 39.4. The van der Waals surface area contributed by atoms with E-state index < -0.39 is 12.2 Å². The van der Waals surface area contributed by atoms with Crippen molar-refractivity contribution in [3.63, 3.8) is 0 Å². The van der Waals surface area contributed by atoms with Crippen LogP contribution in [0, 0.1) is 3.70 Å². The van der Waals surface area contributed by atoms with E-state index >= 15 is 0 Å². The van der Waals surface area contributed by atoms with Crippen LogP contribution >= 0.6 is 34.2 Å². The molecule has 1 atom stereocenters. The van der Waals surface area contributed by atoms with Crippen molar-refractivity contribution in [2.45, 2.75) is 19.1 Å². The van der Waals surface area contributed by atoms with Crippen LogP contribution in [-0.4, -0.2) is 20.9 Å². The molecule has 2 aromatic rings. The van der Waals surface area contributed by atoms with E-state index in [1.165, 1.54) is 12.3 Å². The fourth-order valence-corrected chi connectivity index (χ4v) is 2.21. The lowest BCUT2D eigenvalue weighted by Gasteiger charge is -2.16. The number of alkyl halides is 3. The van der Waals surface area contributed by atoms with Crippen LogP contribution in [-0.2, 0) is 0 Å². The lowest BCUT2D eigenvalue weighted by atomic mass is 10.3. The molecule has 0 fully saturated rings. The lowest BCUT2D eigenvalue weighted by molar-refractivity contribution is -0.164. The Morgan fingerprint density at radius 2 is 2.12 bits per heavy atom. The molecule has 0 radical (unpaired) electrons. The number of halogens is 5. The van der Waals surface area contributed by atoms with Gasteiger partial charge in [0.1, 0.15) is 14.9 Å². The van der Waals surface area contributed by atoms with Crippen LogP contribution in [0.15, 0.2) is 12.3 Å². The van der Waals surface area contributed by atoms with Gasteiger partial charge in [-0.3, -0.25) is 4.68 Å². The van der Waals surface area contributed by atoms with Crippen LogP contribution in [0.25, 0.3) is 10.9 Å². The minimum absolute atomic E-state index is 0.143. The quantitative estimate of drug-likeness (QED) is 0.560. The van der Waals surface area contributed by atoms with E-state index in [4.69, 9.17) is 11.6 Å². The van der Waals surface area contributed by atoms with Crippen molar-refractivity contribution in [1.82, 2.24) is 14.8 Å². The molecule has 2 aromatic heterocycles. The molecule has 0 bridgehead atoms. The first-order valence-corrected chi connectivity index (χ1v) is 6.02. The topological polar surface area (TPSA) is 30.7 Å². The Hall–Kier alpha value is -0.570. The normalized spacial score (nSPS) is 14.2. The van der Waals surface area contributed by atoms with E-state index in [-0.39, 0.29) is 5.15 Å². The molecule has 92 valence electrons. The van der Waals surface area contributed by atoms with Crippen molar-refractivity contribution in [2.75, 3.05) is 0 Å². The average Bonchev–Trinajstić information content (AvgIpc) is 2.53. The molecule has 17 heavy (non-hydrogen) atoms. The van der Waals surface area contributed by atoms with Crippen molar-refractivity contribution < 1.29 is 13.2 Å². The molecule has 8 heteroatoms. The van der Waals surface area contributed by atoms with Crippen molar-refractivity contribution in [3.8, 4) is 0 Å². The molecule has 0 aliphatic rings. The second-order valence-electron chi connectivity index (χ2n) is 3.48. The standard InChI is InChI=1S/C9H6ClF3IN3/c1-4(9(11,12)13)17-6-2-7(10)15-3-5(6)8(14)16-17/h2-4H,1H3. The van der Waals surface area contributed by atoms with Crippen LogP contribution in [0.3, 0.4) is 0 Å². The first-order valence-electron chi connectivity index (χ1n) is 4.56. The van der Waals surface area contributed by atoms with Gasteiger partial charge >= 0.3 is 6.18 Å². The molecule has 0 aliphatic carbocycles. The van der Waals surface area contributed by atoms with Crippen LogP contribution < -0.4 is 0 Å². The second kappa shape index (κ2) is 4.27. The predicted octanol–water partition coefficient (Wildman–Crippen LogP) is 3.81. The maximum atomic E-state index is 12.7. The minimum atomic E-state index is -4.35. The fourth-order valence-electron chi connectivity index (χ4n) is 1.40. The van der Waals surface area contributed by atoms with Gasteiger partial charge in [-0.05, 0) is 29.5 Å². The van der Waals surface area contributed by atoms with Gasteiger partial charge in [-0.2, -0.15) is 18.3 Å². The van der Waals surface area contributed by atoms with Crippen molar-refractivity contribution >= 4 is 45.1 Å². The summed E-state index contributed by atoms with van der Waals surface area (Å²) in [5.41, 5.74) is 0.333. The molecule has 0 saturated carbocycles. The van der Waals surface area contributed by atoms with Gasteiger partial charge in [0.25, 0.3) is 0 Å². The fraction of sp³-hybridized carbons (Fsp3) is 0.333. The molecule has 3 nitrogen and oxygen atoms in total. The summed E-state index contributed by atoms with van der Waals surface area (Å²) in [6.45, 7) is 1.05. The molecule has 0 aromatic carbocycles. The molecule has 0 saturated heterocycles. The van der Waals surface area contributed by atoms with Gasteiger partial charge in [-0.25, -0.2) is 4.98 Å². The van der Waals surface area contributed by atoms with Gasteiger partial charge in [0.15, 0.2) is 0 Å². The zero-order valence-electron chi connectivity index (χ0n) is 8.46. The zero-order chi connectivity index (χ0) is 12.8. The van der Waals surface area contributed by atoms with Crippen molar-refractivity contribution in [3.05, 3.63) is 21.1 Å². The monoisotopic (exact) mass is 375 g/mol. The van der Waals surface area contributed by atoms with E-state index in [2.05, 4.69) is 10.1 Å². The molecule has 0 amide bonds. The summed E-state index contributed by atoms with van der Waals surface area (Å²) in [6.07, 6.45) is -2.93. The Morgan fingerprint density at radius 1 is 1.47 bits per heavy atom. The van der Waals surface area contributed by atoms with E-state index in [1.54, 1.807) is 0 Å². The number of rotatable bonds is 1.